The van der Waals surface area contributed by atoms with Gasteiger partial charge in [0.1, 0.15) is 0 Å². The van der Waals surface area contributed by atoms with E-state index >= 15 is 0 Å². The van der Waals surface area contributed by atoms with E-state index in [-0.39, 0.29) is 41.4 Å². The molecule has 2 saturated heterocycles. The zero-order valence-corrected chi connectivity index (χ0v) is 16.7. The minimum Gasteiger partial charge on any atom is -0.339 e. The minimum absolute atomic E-state index is 0.0202. The summed E-state index contributed by atoms with van der Waals surface area (Å²) in [7, 11) is 0. The maximum absolute atomic E-state index is 12.9. The van der Waals surface area contributed by atoms with Gasteiger partial charge in [-0.05, 0) is 62.7 Å². The molecule has 0 aromatic carbocycles. The first kappa shape index (κ1) is 18.4. The highest BCUT2D eigenvalue weighted by Crippen LogP contribution is 2.49. The summed E-state index contributed by atoms with van der Waals surface area (Å²) in [5.41, 5.74) is 0. The number of carbonyl (C=O) groups is 3. The molecule has 6 atom stereocenters. The molecular formula is C23H32N2O3. The van der Waals surface area contributed by atoms with Crippen LogP contribution in [-0.4, -0.2) is 46.7 Å². The Balaban J connectivity index is 1.18. The normalized spacial score (nSPS) is 39.3. The molecule has 3 amide bonds. The quantitative estimate of drug-likeness (QED) is 0.553. The van der Waals surface area contributed by atoms with E-state index in [0.717, 1.165) is 32.2 Å². The number of amides is 3. The number of rotatable bonds is 4. The van der Waals surface area contributed by atoms with Gasteiger partial charge in [-0.2, -0.15) is 0 Å². The molecule has 0 spiro atoms. The summed E-state index contributed by atoms with van der Waals surface area (Å²) in [5.74, 6) is 1.20. The second-order valence-corrected chi connectivity index (χ2v) is 9.61. The van der Waals surface area contributed by atoms with E-state index in [0.29, 0.717) is 31.3 Å². The van der Waals surface area contributed by atoms with Crippen molar-refractivity contribution in [2.75, 3.05) is 13.1 Å². The van der Waals surface area contributed by atoms with Crippen molar-refractivity contribution in [1.82, 2.24) is 9.80 Å². The molecule has 0 aromatic rings. The van der Waals surface area contributed by atoms with E-state index in [9.17, 15) is 14.4 Å². The monoisotopic (exact) mass is 384 g/mol. The van der Waals surface area contributed by atoms with E-state index in [2.05, 4.69) is 17.1 Å². The van der Waals surface area contributed by atoms with Crippen molar-refractivity contribution in [2.45, 2.75) is 70.3 Å². The molecule has 28 heavy (non-hydrogen) atoms. The van der Waals surface area contributed by atoms with Crippen LogP contribution in [0.25, 0.3) is 0 Å². The van der Waals surface area contributed by atoms with Crippen molar-refractivity contribution in [3.8, 4) is 0 Å². The second kappa shape index (κ2) is 7.31. The fraction of sp³-hybridized carbons (Fsp3) is 0.783. The Bertz CT molecular complexity index is 668. The molecule has 0 radical (unpaired) electrons. The third-order valence-corrected chi connectivity index (χ3v) is 8.19. The second-order valence-electron chi connectivity index (χ2n) is 9.61. The first-order valence-corrected chi connectivity index (χ1v) is 11.5. The van der Waals surface area contributed by atoms with Gasteiger partial charge in [0.2, 0.25) is 17.7 Å². The van der Waals surface area contributed by atoms with Gasteiger partial charge in [0.05, 0.1) is 11.8 Å². The summed E-state index contributed by atoms with van der Waals surface area (Å²) in [5, 5.41) is 0. The molecule has 2 heterocycles. The van der Waals surface area contributed by atoms with E-state index in [1.54, 1.807) is 0 Å². The van der Waals surface area contributed by atoms with Crippen LogP contribution in [0.1, 0.15) is 64.2 Å². The van der Waals surface area contributed by atoms with Crippen LogP contribution in [0.15, 0.2) is 12.2 Å². The van der Waals surface area contributed by atoms with Crippen LogP contribution in [0, 0.1) is 29.6 Å². The molecule has 6 rings (SSSR count). The number of fused-ring (bicyclic) bond motifs is 2. The fourth-order valence-electron chi connectivity index (χ4n) is 6.82. The zero-order chi connectivity index (χ0) is 19.3. The van der Waals surface area contributed by atoms with Crippen LogP contribution in [0.5, 0.6) is 0 Å². The summed E-state index contributed by atoms with van der Waals surface area (Å²) in [6.45, 7) is 1.30. The first-order chi connectivity index (χ1) is 13.6. The predicted octanol–water partition coefficient (Wildman–Crippen LogP) is 3.15. The maximum atomic E-state index is 12.9. The Morgan fingerprint density at radius 1 is 0.893 bits per heavy atom. The molecule has 2 bridgehead atoms. The van der Waals surface area contributed by atoms with Crippen LogP contribution in [0.3, 0.4) is 0 Å². The van der Waals surface area contributed by atoms with Crippen LogP contribution in [-0.2, 0) is 14.4 Å². The predicted molar refractivity (Wildman–Crippen MR) is 105 cm³/mol. The van der Waals surface area contributed by atoms with E-state index in [1.807, 2.05) is 0 Å². The smallest absolute Gasteiger partial charge is 0.233 e. The lowest BCUT2D eigenvalue weighted by Crippen LogP contribution is -2.49. The van der Waals surface area contributed by atoms with E-state index in [1.165, 1.54) is 30.6 Å². The summed E-state index contributed by atoms with van der Waals surface area (Å²) in [4.78, 5) is 42.3. The topological polar surface area (TPSA) is 57.7 Å². The molecule has 152 valence electrons. The van der Waals surface area contributed by atoms with Crippen LogP contribution in [0.2, 0.25) is 0 Å². The molecule has 5 nitrogen and oxygen atoms in total. The molecule has 0 N–H and O–H groups in total. The van der Waals surface area contributed by atoms with Gasteiger partial charge in [0.25, 0.3) is 0 Å². The lowest BCUT2D eigenvalue weighted by Gasteiger charge is -2.44. The highest BCUT2D eigenvalue weighted by Gasteiger charge is 2.56. The van der Waals surface area contributed by atoms with Gasteiger partial charge in [-0.25, -0.2) is 0 Å². The van der Waals surface area contributed by atoms with Gasteiger partial charge in [-0.3, -0.25) is 19.3 Å². The minimum atomic E-state index is -0.128. The number of nitrogens with zero attached hydrogens (tertiary/aromatic N) is 2. The fourth-order valence-corrected chi connectivity index (χ4v) is 6.82. The van der Waals surface area contributed by atoms with Crippen molar-refractivity contribution in [3.05, 3.63) is 12.2 Å². The van der Waals surface area contributed by atoms with Gasteiger partial charge < -0.3 is 4.90 Å². The SMILES string of the molecule is O=C1[C@@H]2C3C=CC(CC3)[C@@H]2C(=O)N1CCCC(=O)N1CCCC2CCCCC21. The molecular weight excluding hydrogens is 352 g/mol. The largest absolute Gasteiger partial charge is 0.339 e. The average molecular weight is 385 g/mol. The van der Waals surface area contributed by atoms with Gasteiger partial charge in [-0.15, -0.1) is 0 Å². The number of allylic oxidation sites excluding steroid dienone is 2. The Labute approximate surface area is 167 Å². The van der Waals surface area contributed by atoms with Crippen molar-refractivity contribution in [3.63, 3.8) is 0 Å². The Kier molecular flexibility index (Phi) is 4.80. The summed E-state index contributed by atoms with van der Waals surface area (Å²) in [6, 6.07) is 0.439. The van der Waals surface area contributed by atoms with Crippen molar-refractivity contribution in [1.29, 1.82) is 0 Å². The molecule has 0 aromatic heterocycles. The summed E-state index contributed by atoms with van der Waals surface area (Å²) in [6.07, 6.45) is 14.8. The van der Waals surface area contributed by atoms with Gasteiger partial charge in [0, 0.05) is 25.6 Å². The van der Waals surface area contributed by atoms with Crippen LogP contribution >= 0.6 is 0 Å². The maximum Gasteiger partial charge on any atom is 0.233 e. The van der Waals surface area contributed by atoms with Crippen LogP contribution < -0.4 is 0 Å². The highest BCUT2D eigenvalue weighted by atomic mass is 16.2. The lowest BCUT2D eigenvalue weighted by molar-refractivity contribution is -0.142. The number of hydrogen-bond donors (Lipinski definition) is 0. The van der Waals surface area contributed by atoms with Crippen molar-refractivity contribution < 1.29 is 14.4 Å². The molecule has 5 heteroatoms. The molecule has 4 unspecified atom stereocenters. The van der Waals surface area contributed by atoms with Gasteiger partial charge >= 0.3 is 0 Å². The average Bonchev–Trinajstić information content (AvgIpc) is 3.01. The van der Waals surface area contributed by atoms with Gasteiger partial charge in [0.15, 0.2) is 0 Å². The number of carbonyl (C=O) groups excluding carboxylic acids is 3. The Morgan fingerprint density at radius 2 is 1.54 bits per heavy atom. The van der Waals surface area contributed by atoms with Crippen LogP contribution in [0.4, 0.5) is 0 Å². The lowest BCUT2D eigenvalue weighted by atomic mass is 9.63. The number of piperidine rings is 1. The van der Waals surface area contributed by atoms with Crippen molar-refractivity contribution >= 4 is 17.7 Å². The van der Waals surface area contributed by atoms with Gasteiger partial charge in [-0.1, -0.05) is 25.0 Å². The number of hydrogen-bond acceptors (Lipinski definition) is 3. The Hall–Kier alpha value is -1.65. The zero-order valence-electron chi connectivity index (χ0n) is 16.7. The number of likely N-dealkylation sites (tertiary alicyclic amines) is 2. The molecule has 4 aliphatic carbocycles. The van der Waals surface area contributed by atoms with E-state index in [4.69, 9.17) is 0 Å². The summed E-state index contributed by atoms with van der Waals surface area (Å²) < 4.78 is 0. The third kappa shape index (κ3) is 2.93. The first-order valence-electron chi connectivity index (χ1n) is 11.5. The van der Waals surface area contributed by atoms with Crippen molar-refractivity contribution in [2.24, 2.45) is 29.6 Å². The van der Waals surface area contributed by atoms with E-state index < -0.39 is 0 Å². The number of imide groups is 1. The molecule has 2 aliphatic heterocycles. The molecule has 4 fully saturated rings. The standard InChI is InChI=1S/C23H32N2O3/c26-19(24-13-3-6-15-5-1-2-7-18(15)24)8-4-14-25-22(27)20-16-9-10-17(12-11-16)21(20)23(25)28/h9-10,15-18,20-21H,1-8,11-14H2/t15?,16?,17?,18?,20-,21+. The molecule has 6 aliphatic rings. The highest BCUT2D eigenvalue weighted by molar-refractivity contribution is 6.06. The molecule has 2 saturated carbocycles. The summed E-state index contributed by atoms with van der Waals surface area (Å²) >= 11 is 0. The third-order valence-electron chi connectivity index (χ3n) is 8.19. The Morgan fingerprint density at radius 3 is 2.21 bits per heavy atom.